The molecule has 0 radical (unpaired) electrons. The fourth-order valence-electron chi connectivity index (χ4n) is 2.39. The summed E-state index contributed by atoms with van der Waals surface area (Å²) in [6.07, 6.45) is 3.46. The summed E-state index contributed by atoms with van der Waals surface area (Å²) in [6.45, 7) is 0. The molecule has 2 rings (SSSR count). The minimum atomic E-state index is -3.77. The van der Waals surface area contributed by atoms with Crippen LogP contribution in [0.25, 0.3) is 0 Å². The second-order valence-electron chi connectivity index (χ2n) is 4.97. The molecule has 1 aromatic rings. The third-order valence-corrected chi connectivity index (χ3v) is 5.05. The molecule has 0 spiro atoms. The number of sulfonamides is 1. The second kappa shape index (κ2) is 6.07. The number of nitrogens with two attached hydrogens (primary N) is 1. The van der Waals surface area contributed by atoms with Crippen molar-refractivity contribution in [2.75, 3.05) is 7.11 Å². The van der Waals surface area contributed by atoms with Crippen molar-refractivity contribution in [2.24, 2.45) is 5.73 Å². The first-order valence-corrected chi connectivity index (χ1v) is 8.04. The van der Waals surface area contributed by atoms with Gasteiger partial charge in [0.1, 0.15) is 0 Å². The molecule has 1 fully saturated rings. The predicted octanol–water partition coefficient (Wildman–Crippen LogP) is 1.38. The van der Waals surface area contributed by atoms with E-state index >= 15 is 0 Å². The van der Waals surface area contributed by atoms with E-state index in [9.17, 15) is 12.8 Å². The maximum Gasteiger partial charge on any atom is 0.240 e. The summed E-state index contributed by atoms with van der Waals surface area (Å²) in [4.78, 5) is -0.117. The van der Waals surface area contributed by atoms with Crippen LogP contribution in [0, 0.1) is 5.82 Å². The van der Waals surface area contributed by atoms with Crippen LogP contribution < -0.4 is 15.2 Å². The normalized spacial score (nSPS) is 23.6. The van der Waals surface area contributed by atoms with Gasteiger partial charge in [0.25, 0.3) is 0 Å². The molecule has 112 valence electrons. The van der Waals surface area contributed by atoms with Crippen LogP contribution >= 0.6 is 0 Å². The molecular weight excluding hydrogens is 283 g/mol. The summed E-state index contributed by atoms with van der Waals surface area (Å²) < 4.78 is 45.4. The number of benzene rings is 1. The van der Waals surface area contributed by atoms with Crippen molar-refractivity contribution in [3.8, 4) is 5.75 Å². The Morgan fingerprint density at radius 1 is 1.35 bits per heavy atom. The van der Waals surface area contributed by atoms with E-state index in [1.807, 2.05) is 0 Å². The fourth-order valence-corrected chi connectivity index (χ4v) is 3.72. The molecule has 1 aliphatic rings. The van der Waals surface area contributed by atoms with Crippen molar-refractivity contribution in [3.05, 3.63) is 24.0 Å². The van der Waals surface area contributed by atoms with E-state index in [-0.39, 0.29) is 22.7 Å². The smallest absolute Gasteiger partial charge is 0.240 e. The summed E-state index contributed by atoms with van der Waals surface area (Å²) in [6, 6.07) is 3.08. The Labute approximate surface area is 118 Å². The second-order valence-corrected chi connectivity index (χ2v) is 6.69. The lowest BCUT2D eigenvalue weighted by molar-refractivity contribution is 0.361. The van der Waals surface area contributed by atoms with Crippen LogP contribution in [0.3, 0.4) is 0 Å². The highest BCUT2D eigenvalue weighted by molar-refractivity contribution is 7.89. The number of methoxy groups -OCH3 is 1. The summed E-state index contributed by atoms with van der Waals surface area (Å²) >= 11 is 0. The molecule has 1 aromatic carbocycles. The standard InChI is InChI=1S/C13H19FN2O3S/c1-19-13-7-6-9(8-10(13)14)20(17,18)16-12-5-3-2-4-11(12)15/h6-8,11-12,16H,2-5,15H2,1H3. The molecule has 5 nitrogen and oxygen atoms in total. The number of hydrogen-bond donors (Lipinski definition) is 2. The molecule has 1 saturated carbocycles. The Kier molecular flexibility index (Phi) is 4.62. The van der Waals surface area contributed by atoms with E-state index in [2.05, 4.69) is 4.72 Å². The van der Waals surface area contributed by atoms with E-state index in [4.69, 9.17) is 10.5 Å². The first kappa shape index (κ1) is 15.2. The van der Waals surface area contributed by atoms with Gasteiger partial charge >= 0.3 is 0 Å². The molecule has 3 N–H and O–H groups in total. The van der Waals surface area contributed by atoms with Crippen molar-refractivity contribution in [3.63, 3.8) is 0 Å². The van der Waals surface area contributed by atoms with Crippen LogP contribution in [0.4, 0.5) is 4.39 Å². The third-order valence-electron chi connectivity index (χ3n) is 3.56. The van der Waals surface area contributed by atoms with E-state index < -0.39 is 15.8 Å². The fraction of sp³-hybridized carbons (Fsp3) is 0.538. The molecule has 0 saturated heterocycles. The summed E-state index contributed by atoms with van der Waals surface area (Å²) in [5, 5.41) is 0. The molecule has 0 aliphatic heterocycles. The molecule has 0 bridgehead atoms. The monoisotopic (exact) mass is 302 g/mol. The zero-order valence-corrected chi connectivity index (χ0v) is 12.1. The lowest BCUT2D eigenvalue weighted by atomic mass is 9.92. The van der Waals surface area contributed by atoms with Crippen molar-refractivity contribution in [1.82, 2.24) is 4.72 Å². The van der Waals surface area contributed by atoms with Crippen molar-refractivity contribution in [2.45, 2.75) is 42.7 Å². The summed E-state index contributed by atoms with van der Waals surface area (Å²) in [5.41, 5.74) is 5.92. The highest BCUT2D eigenvalue weighted by Crippen LogP contribution is 2.23. The minimum absolute atomic E-state index is 0.0123. The maximum atomic E-state index is 13.6. The van der Waals surface area contributed by atoms with Crippen LogP contribution in [0.5, 0.6) is 5.75 Å². The van der Waals surface area contributed by atoms with Crippen LogP contribution in [-0.2, 0) is 10.0 Å². The van der Waals surface area contributed by atoms with Gasteiger partial charge in [-0.15, -0.1) is 0 Å². The van der Waals surface area contributed by atoms with Crippen molar-refractivity contribution in [1.29, 1.82) is 0 Å². The van der Waals surface area contributed by atoms with Gasteiger partial charge in [-0.25, -0.2) is 17.5 Å². The van der Waals surface area contributed by atoms with Crippen LogP contribution in [-0.4, -0.2) is 27.6 Å². The molecule has 2 unspecified atom stereocenters. The topological polar surface area (TPSA) is 81.4 Å². The molecule has 0 aromatic heterocycles. The molecule has 1 aliphatic carbocycles. The van der Waals surface area contributed by atoms with Crippen molar-refractivity contribution < 1.29 is 17.5 Å². The quantitative estimate of drug-likeness (QED) is 0.880. The Hall–Kier alpha value is -1.18. The molecule has 0 amide bonds. The Balaban J connectivity index is 2.19. The predicted molar refractivity (Wildman–Crippen MR) is 73.5 cm³/mol. The van der Waals surface area contributed by atoms with Gasteiger partial charge in [-0.3, -0.25) is 0 Å². The van der Waals surface area contributed by atoms with Crippen LogP contribution in [0.2, 0.25) is 0 Å². The zero-order chi connectivity index (χ0) is 14.8. The number of hydrogen-bond acceptors (Lipinski definition) is 4. The van der Waals surface area contributed by atoms with E-state index in [0.29, 0.717) is 6.42 Å². The molecular formula is C13H19FN2O3S. The average molecular weight is 302 g/mol. The maximum absolute atomic E-state index is 13.6. The lowest BCUT2D eigenvalue weighted by Crippen LogP contribution is -2.49. The van der Waals surface area contributed by atoms with Gasteiger partial charge in [0.15, 0.2) is 11.6 Å². The number of ether oxygens (including phenoxy) is 1. The summed E-state index contributed by atoms with van der Waals surface area (Å²) in [7, 11) is -2.44. The van der Waals surface area contributed by atoms with Gasteiger partial charge in [0.05, 0.1) is 12.0 Å². The Bertz CT molecular complexity index is 577. The minimum Gasteiger partial charge on any atom is -0.494 e. The first-order valence-electron chi connectivity index (χ1n) is 6.55. The van der Waals surface area contributed by atoms with Gasteiger partial charge in [-0.1, -0.05) is 12.8 Å². The van der Waals surface area contributed by atoms with E-state index in [1.165, 1.54) is 19.2 Å². The number of halogens is 1. The third kappa shape index (κ3) is 3.28. The van der Waals surface area contributed by atoms with Crippen molar-refractivity contribution >= 4 is 10.0 Å². The van der Waals surface area contributed by atoms with Crippen LogP contribution in [0.1, 0.15) is 25.7 Å². The lowest BCUT2D eigenvalue weighted by Gasteiger charge is -2.29. The van der Waals surface area contributed by atoms with Gasteiger partial charge in [0, 0.05) is 12.1 Å². The number of nitrogens with one attached hydrogen (secondary N) is 1. The Morgan fingerprint density at radius 2 is 2.05 bits per heavy atom. The highest BCUT2D eigenvalue weighted by atomic mass is 32.2. The highest BCUT2D eigenvalue weighted by Gasteiger charge is 2.27. The largest absolute Gasteiger partial charge is 0.494 e. The van der Waals surface area contributed by atoms with Gasteiger partial charge < -0.3 is 10.5 Å². The Morgan fingerprint density at radius 3 is 2.65 bits per heavy atom. The van der Waals surface area contributed by atoms with Gasteiger partial charge in [-0.2, -0.15) is 0 Å². The molecule has 0 heterocycles. The van der Waals surface area contributed by atoms with Gasteiger partial charge in [-0.05, 0) is 31.0 Å². The van der Waals surface area contributed by atoms with E-state index in [0.717, 1.165) is 25.3 Å². The van der Waals surface area contributed by atoms with E-state index in [1.54, 1.807) is 0 Å². The number of rotatable bonds is 4. The first-order chi connectivity index (χ1) is 9.44. The molecule has 20 heavy (non-hydrogen) atoms. The summed E-state index contributed by atoms with van der Waals surface area (Å²) in [5.74, 6) is -0.693. The van der Waals surface area contributed by atoms with Crippen LogP contribution in [0.15, 0.2) is 23.1 Å². The average Bonchev–Trinajstić information content (AvgIpc) is 2.41. The molecule has 2 atom stereocenters. The zero-order valence-electron chi connectivity index (χ0n) is 11.3. The van der Waals surface area contributed by atoms with Gasteiger partial charge in [0.2, 0.25) is 10.0 Å². The molecule has 7 heteroatoms. The SMILES string of the molecule is COc1ccc(S(=O)(=O)NC2CCCCC2N)cc1F.